The van der Waals surface area contributed by atoms with Crippen LogP contribution in [-0.4, -0.2) is 22.3 Å². The molecule has 0 aliphatic heterocycles. The Morgan fingerprint density at radius 2 is 2.00 bits per heavy atom. The predicted molar refractivity (Wildman–Crippen MR) is 80.2 cm³/mol. The van der Waals surface area contributed by atoms with Crippen LogP contribution >= 0.6 is 11.8 Å². The highest BCUT2D eigenvalue weighted by molar-refractivity contribution is 7.99. The zero-order valence-corrected chi connectivity index (χ0v) is 12.1. The Labute approximate surface area is 118 Å². The van der Waals surface area contributed by atoms with Crippen LogP contribution < -0.4 is 5.32 Å². The molecule has 0 amide bonds. The first kappa shape index (κ1) is 14.0. The summed E-state index contributed by atoms with van der Waals surface area (Å²) in [5, 5.41) is 4.83. The molecule has 0 saturated carbocycles. The van der Waals surface area contributed by atoms with Gasteiger partial charge < -0.3 is 5.32 Å². The first-order chi connectivity index (χ1) is 9.35. The molecule has 1 N–H and O–H groups in total. The number of aromatic nitrogens is 2. The molecule has 0 aliphatic rings. The van der Waals surface area contributed by atoms with Crippen LogP contribution in [0.15, 0.2) is 53.9 Å². The maximum absolute atomic E-state index is 4.35. The van der Waals surface area contributed by atoms with Crippen molar-refractivity contribution >= 4 is 11.8 Å². The van der Waals surface area contributed by atoms with Crippen LogP contribution in [0, 0.1) is 0 Å². The number of hydrogen-bond acceptors (Lipinski definition) is 4. The van der Waals surface area contributed by atoms with Gasteiger partial charge in [0.25, 0.3) is 0 Å². The summed E-state index contributed by atoms with van der Waals surface area (Å²) in [6.45, 7) is 2.21. The van der Waals surface area contributed by atoms with E-state index in [4.69, 9.17) is 0 Å². The lowest BCUT2D eigenvalue weighted by atomic mass is 10.0. The summed E-state index contributed by atoms with van der Waals surface area (Å²) in [7, 11) is 2.01. The minimum Gasteiger partial charge on any atom is -0.312 e. The van der Waals surface area contributed by atoms with E-state index in [2.05, 4.69) is 46.5 Å². The molecule has 3 nitrogen and oxygen atoms in total. The molecule has 0 spiro atoms. The molecular weight excluding hydrogens is 254 g/mol. The van der Waals surface area contributed by atoms with E-state index in [-0.39, 0.29) is 0 Å². The minimum absolute atomic E-state index is 0.318. The second-order valence-electron chi connectivity index (χ2n) is 4.29. The summed E-state index contributed by atoms with van der Waals surface area (Å²) < 4.78 is 0. The summed E-state index contributed by atoms with van der Waals surface area (Å²) in [6, 6.07) is 10.9. The molecule has 4 heteroatoms. The second-order valence-corrected chi connectivity index (χ2v) is 5.54. The highest BCUT2D eigenvalue weighted by Crippen LogP contribution is 2.32. The molecule has 2 unspecified atom stereocenters. The van der Waals surface area contributed by atoms with Crippen LogP contribution in [0.5, 0.6) is 0 Å². The maximum atomic E-state index is 4.35. The van der Waals surface area contributed by atoms with Gasteiger partial charge in [0.2, 0.25) is 0 Å². The Bertz CT molecular complexity index is 475. The van der Waals surface area contributed by atoms with Gasteiger partial charge in [0, 0.05) is 23.7 Å². The highest BCUT2D eigenvalue weighted by atomic mass is 32.2. The molecular formula is C15H19N3S. The van der Waals surface area contributed by atoms with Crippen molar-refractivity contribution in [1.29, 1.82) is 0 Å². The van der Waals surface area contributed by atoms with Crippen molar-refractivity contribution in [3.63, 3.8) is 0 Å². The first-order valence-electron chi connectivity index (χ1n) is 6.50. The summed E-state index contributed by atoms with van der Waals surface area (Å²) in [6.07, 6.45) is 6.34. The molecule has 1 heterocycles. The number of nitrogens with zero attached hydrogens (tertiary/aromatic N) is 2. The van der Waals surface area contributed by atoms with Crippen molar-refractivity contribution in [2.24, 2.45) is 0 Å². The van der Waals surface area contributed by atoms with Crippen molar-refractivity contribution in [2.75, 3.05) is 7.05 Å². The quantitative estimate of drug-likeness (QED) is 0.819. The van der Waals surface area contributed by atoms with E-state index in [1.54, 1.807) is 24.2 Å². The predicted octanol–water partition coefficient (Wildman–Crippen LogP) is 3.31. The number of nitrogens with one attached hydrogen (secondary N) is 1. The van der Waals surface area contributed by atoms with Crippen LogP contribution in [0.2, 0.25) is 0 Å². The molecule has 2 atom stereocenters. The Morgan fingerprint density at radius 3 is 2.58 bits per heavy atom. The third kappa shape index (κ3) is 3.78. The van der Waals surface area contributed by atoms with E-state index in [1.807, 2.05) is 19.3 Å². The Balaban J connectivity index is 2.15. The van der Waals surface area contributed by atoms with Gasteiger partial charge in [-0.15, -0.1) is 0 Å². The van der Waals surface area contributed by atoms with Gasteiger partial charge in [-0.3, -0.25) is 4.98 Å². The van der Waals surface area contributed by atoms with E-state index < -0.39 is 0 Å². The fourth-order valence-corrected chi connectivity index (χ4v) is 3.27. The summed E-state index contributed by atoms with van der Waals surface area (Å²) in [4.78, 5) is 8.48. The standard InChI is InChI=1S/C15H19N3S/c1-3-13(19-14-11-17-9-10-18-14)15(16-2)12-7-5-4-6-8-12/h4-11,13,15-16H,3H2,1-2H3. The molecule has 1 aromatic heterocycles. The second kappa shape index (κ2) is 7.26. The molecule has 2 rings (SSSR count). The van der Waals surface area contributed by atoms with Crippen molar-refractivity contribution < 1.29 is 0 Å². The molecule has 0 bridgehead atoms. The number of hydrogen-bond donors (Lipinski definition) is 1. The smallest absolute Gasteiger partial charge is 0.115 e. The average Bonchev–Trinajstić information content (AvgIpc) is 2.49. The fourth-order valence-electron chi connectivity index (χ4n) is 2.12. The molecule has 0 aliphatic carbocycles. The van der Waals surface area contributed by atoms with Gasteiger partial charge in [-0.05, 0) is 19.0 Å². The van der Waals surface area contributed by atoms with Crippen molar-refractivity contribution in [2.45, 2.75) is 29.7 Å². The van der Waals surface area contributed by atoms with Gasteiger partial charge in [-0.2, -0.15) is 0 Å². The normalized spacial score (nSPS) is 14.0. The van der Waals surface area contributed by atoms with E-state index >= 15 is 0 Å². The lowest BCUT2D eigenvalue weighted by Crippen LogP contribution is -2.27. The van der Waals surface area contributed by atoms with Crippen molar-refractivity contribution in [1.82, 2.24) is 15.3 Å². The molecule has 0 radical (unpaired) electrons. The van der Waals surface area contributed by atoms with Crippen molar-refractivity contribution in [3.05, 3.63) is 54.5 Å². The summed E-state index contributed by atoms with van der Waals surface area (Å²) >= 11 is 1.78. The topological polar surface area (TPSA) is 37.8 Å². The zero-order valence-electron chi connectivity index (χ0n) is 11.3. The maximum Gasteiger partial charge on any atom is 0.115 e. The molecule has 0 saturated heterocycles. The lowest BCUT2D eigenvalue weighted by molar-refractivity contribution is 0.555. The Kier molecular flexibility index (Phi) is 5.36. The van der Waals surface area contributed by atoms with E-state index in [0.717, 1.165) is 11.4 Å². The average molecular weight is 273 g/mol. The molecule has 100 valence electrons. The third-order valence-corrected chi connectivity index (χ3v) is 4.42. The molecule has 0 fully saturated rings. The van der Waals surface area contributed by atoms with E-state index in [0.29, 0.717) is 11.3 Å². The molecule has 19 heavy (non-hydrogen) atoms. The van der Waals surface area contributed by atoms with Crippen LogP contribution in [0.4, 0.5) is 0 Å². The lowest BCUT2D eigenvalue weighted by Gasteiger charge is -2.25. The zero-order chi connectivity index (χ0) is 13.5. The van der Waals surface area contributed by atoms with Gasteiger partial charge in [-0.1, -0.05) is 49.0 Å². The number of thioether (sulfide) groups is 1. The minimum atomic E-state index is 0.318. The van der Waals surface area contributed by atoms with Crippen LogP contribution in [0.25, 0.3) is 0 Å². The van der Waals surface area contributed by atoms with Gasteiger partial charge in [0.1, 0.15) is 5.03 Å². The summed E-state index contributed by atoms with van der Waals surface area (Å²) in [5.74, 6) is 0. The van der Waals surface area contributed by atoms with Crippen molar-refractivity contribution in [3.8, 4) is 0 Å². The Hall–Kier alpha value is -1.39. The van der Waals surface area contributed by atoms with Crippen LogP contribution in [-0.2, 0) is 0 Å². The van der Waals surface area contributed by atoms with Gasteiger partial charge in [-0.25, -0.2) is 4.98 Å². The SMILES string of the molecule is CCC(Sc1cnccn1)C(NC)c1ccccc1. The van der Waals surface area contributed by atoms with Gasteiger partial charge in [0.15, 0.2) is 0 Å². The summed E-state index contributed by atoms with van der Waals surface area (Å²) in [5.41, 5.74) is 1.31. The third-order valence-electron chi connectivity index (χ3n) is 3.06. The number of benzene rings is 1. The van der Waals surface area contributed by atoms with Gasteiger partial charge in [0.05, 0.1) is 6.20 Å². The fraction of sp³-hybridized carbons (Fsp3) is 0.333. The molecule has 1 aromatic carbocycles. The highest BCUT2D eigenvalue weighted by Gasteiger charge is 2.21. The van der Waals surface area contributed by atoms with Crippen LogP contribution in [0.3, 0.4) is 0 Å². The monoisotopic (exact) mass is 273 g/mol. The largest absolute Gasteiger partial charge is 0.312 e. The molecule has 2 aromatic rings. The van der Waals surface area contributed by atoms with Gasteiger partial charge >= 0.3 is 0 Å². The van der Waals surface area contributed by atoms with E-state index in [9.17, 15) is 0 Å². The first-order valence-corrected chi connectivity index (χ1v) is 7.38. The van der Waals surface area contributed by atoms with E-state index in [1.165, 1.54) is 5.56 Å². The van der Waals surface area contributed by atoms with Crippen LogP contribution in [0.1, 0.15) is 24.9 Å². The Morgan fingerprint density at radius 1 is 1.21 bits per heavy atom. The number of rotatable bonds is 6.